The molecule has 1 aliphatic carbocycles. The van der Waals surface area contributed by atoms with Crippen molar-refractivity contribution < 1.29 is 0 Å². The van der Waals surface area contributed by atoms with E-state index >= 15 is 0 Å². The monoisotopic (exact) mass is 264 g/mol. The Balaban J connectivity index is 1.90. The molecular formula is C15H24N2S. The highest BCUT2D eigenvalue weighted by molar-refractivity contribution is 8.00. The van der Waals surface area contributed by atoms with Gasteiger partial charge in [0, 0.05) is 22.4 Å². The Kier molecular flexibility index (Phi) is 5.51. The van der Waals surface area contributed by atoms with E-state index in [4.69, 9.17) is 0 Å². The van der Waals surface area contributed by atoms with Crippen molar-refractivity contribution in [3.8, 4) is 0 Å². The molecule has 1 saturated carbocycles. The van der Waals surface area contributed by atoms with Crippen LogP contribution in [0.2, 0.25) is 0 Å². The molecule has 1 fully saturated rings. The van der Waals surface area contributed by atoms with Crippen LogP contribution < -0.4 is 5.32 Å². The van der Waals surface area contributed by atoms with Gasteiger partial charge >= 0.3 is 0 Å². The Morgan fingerprint density at radius 3 is 2.72 bits per heavy atom. The molecule has 1 aromatic rings. The van der Waals surface area contributed by atoms with Crippen LogP contribution in [0.1, 0.15) is 57.7 Å². The standard InChI is InChI=1S/C15H24N2S/c1-3-16-12(2)15-10-9-14(11-17-15)18-13-7-5-4-6-8-13/h9-13,16H,3-8H2,1-2H3. The molecule has 0 amide bonds. The third kappa shape index (κ3) is 3.99. The van der Waals surface area contributed by atoms with Crippen molar-refractivity contribution in [2.75, 3.05) is 6.54 Å². The molecule has 100 valence electrons. The van der Waals surface area contributed by atoms with E-state index in [1.54, 1.807) is 0 Å². The van der Waals surface area contributed by atoms with Crippen molar-refractivity contribution >= 4 is 11.8 Å². The third-order valence-electron chi connectivity index (χ3n) is 3.57. The van der Waals surface area contributed by atoms with Crippen LogP contribution in [0.3, 0.4) is 0 Å². The number of hydrogen-bond donors (Lipinski definition) is 1. The van der Waals surface area contributed by atoms with E-state index in [0.717, 1.165) is 17.5 Å². The fraction of sp³-hybridized carbons (Fsp3) is 0.667. The molecular weight excluding hydrogens is 240 g/mol. The molecule has 2 rings (SSSR count). The predicted molar refractivity (Wildman–Crippen MR) is 79.1 cm³/mol. The molecule has 1 unspecified atom stereocenters. The lowest BCUT2D eigenvalue weighted by molar-refractivity contribution is 0.516. The predicted octanol–water partition coefficient (Wildman–Crippen LogP) is 4.18. The van der Waals surface area contributed by atoms with Gasteiger partial charge in [0.1, 0.15) is 0 Å². The van der Waals surface area contributed by atoms with E-state index in [-0.39, 0.29) is 0 Å². The lowest BCUT2D eigenvalue weighted by atomic mass is 10.0. The zero-order valence-electron chi connectivity index (χ0n) is 11.5. The van der Waals surface area contributed by atoms with Crippen LogP contribution in [0.4, 0.5) is 0 Å². The van der Waals surface area contributed by atoms with E-state index in [0.29, 0.717) is 6.04 Å². The van der Waals surface area contributed by atoms with E-state index in [9.17, 15) is 0 Å². The maximum Gasteiger partial charge on any atom is 0.0571 e. The Morgan fingerprint density at radius 1 is 1.33 bits per heavy atom. The number of nitrogens with one attached hydrogen (secondary N) is 1. The Labute approximate surface area is 115 Å². The van der Waals surface area contributed by atoms with Gasteiger partial charge in [0.05, 0.1) is 5.69 Å². The van der Waals surface area contributed by atoms with E-state index in [1.807, 2.05) is 18.0 Å². The number of thioether (sulfide) groups is 1. The first-order chi connectivity index (χ1) is 8.79. The van der Waals surface area contributed by atoms with Crippen molar-refractivity contribution in [3.05, 3.63) is 24.0 Å². The summed E-state index contributed by atoms with van der Waals surface area (Å²) in [5, 5.41) is 4.21. The fourth-order valence-corrected chi connectivity index (χ4v) is 3.72. The van der Waals surface area contributed by atoms with Crippen LogP contribution in [-0.4, -0.2) is 16.8 Å². The van der Waals surface area contributed by atoms with Gasteiger partial charge in [-0.1, -0.05) is 26.2 Å². The maximum atomic E-state index is 4.58. The summed E-state index contributed by atoms with van der Waals surface area (Å²) in [5.74, 6) is 0. The summed E-state index contributed by atoms with van der Waals surface area (Å²) in [5.41, 5.74) is 1.14. The summed E-state index contributed by atoms with van der Waals surface area (Å²) in [6.07, 6.45) is 9.03. The minimum Gasteiger partial charge on any atom is -0.309 e. The highest BCUT2D eigenvalue weighted by Crippen LogP contribution is 2.33. The number of rotatable bonds is 5. The van der Waals surface area contributed by atoms with Gasteiger partial charge in [-0.3, -0.25) is 4.98 Å². The van der Waals surface area contributed by atoms with Gasteiger partial charge in [-0.15, -0.1) is 11.8 Å². The van der Waals surface area contributed by atoms with Crippen LogP contribution >= 0.6 is 11.8 Å². The SMILES string of the molecule is CCNC(C)c1ccc(SC2CCCCC2)cn1. The van der Waals surface area contributed by atoms with Gasteiger partial charge in [-0.2, -0.15) is 0 Å². The first kappa shape index (κ1) is 13.9. The van der Waals surface area contributed by atoms with Crippen molar-refractivity contribution in [2.45, 2.75) is 62.1 Å². The van der Waals surface area contributed by atoms with Gasteiger partial charge in [0.2, 0.25) is 0 Å². The molecule has 0 radical (unpaired) electrons. The molecule has 0 bridgehead atoms. The smallest absolute Gasteiger partial charge is 0.0571 e. The summed E-state index contributed by atoms with van der Waals surface area (Å²) in [4.78, 5) is 5.91. The van der Waals surface area contributed by atoms with Crippen molar-refractivity contribution in [1.82, 2.24) is 10.3 Å². The molecule has 18 heavy (non-hydrogen) atoms. The van der Waals surface area contributed by atoms with E-state index in [1.165, 1.54) is 37.0 Å². The molecule has 0 saturated heterocycles. The molecule has 1 atom stereocenters. The molecule has 1 heterocycles. The topological polar surface area (TPSA) is 24.9 Å². The lowest BCUT2D eigenvalue weighted by Gasteiger charge is -2.21. The number of nitrogens with zero attached hydrogens (tertiary/aromatic N) is 1. The van der Waals surface area contributed by atoms with E-state index < -0.39 is 0 Å². The summed E-state index contributed by atoms with van der Waals surface area (Å²) < 4.78 is 0. The normalized spacial score (nSPS) is 18.8. The summed E-state index contributed by atoms with van der Waals surface area (Å²) >= 11 is 2.02. The average molecular weight is 264 g/mol. The van der Waals surface area contributed by atoms with Crippen molar-refractivity contribution in [2.24, 2.45) is 0 Å². The average Bonchev–Trinajstić information content (AvgIpc) is 2.41. The largest absolute Gasteiger partial charge is 0.309 e. The maximum absolute atomic E-state index is 4.58. The second-order valence-corrected chi connectivity index (χ2v) is 6.45. The Bertz CT molecular complexity index is 344. The first-order valence-electron chi connectivity index (χ1n) is 7.15. The van der Waals surface area contributed by atoms with Crippen LogP contribution in [0.25, 0.3) is 0 Å². The zero-order chi connectivity index (χ0) is 12.8. The molecule has 0 spiro atoms. The summed E-state index contributed by atoms with van der Waals surface area (Å²) in [6, 6.07) is 4.75. The molecule has 1 N–H and O–H groups in total. The van der Waals surface area contributed by atoms with Gasteiger partial charge in [0.25, 0.3) is 0 Å². The highest BCUT2D eigenvalue weighted by atomic mass is 32.2. The first-order valence-corrected chi connectivity index (χ1v) is 8.03. The second-order valence-electron chi connectivity index (χ2n) is 5.08. The van der Waals surface area contributed by atoms with Crippen LogP contribution in [0, 0.1) is 0 Å². The number of aromatic nitrogens is 1. The molecule has 0 aromatic carbocycles. The molecule has 3 heteroatoms. The van der Waals surface area contributed by atoms with Gasteiger partial charge in [0.15, 0.2) is 0 Å². The lowest BCUT2D eigenvalue weighted by Crippen LogP contribution is -2.18. The van der Waals surface area contributed by atoms with Gasteiger partial charge < -0.3 is 5.32 Å². The number of hydrogen-bond acceptors (Lipinski definition) is 3. The molecule has 0 aliphatic heterocycles. The van der Waals surface area contributed by atoms with Crippen LogP contribution in [-0.2, 0) is 0 Å². The quantitative estimate of drug-likeness (QED) is 0.863. The van der Waals surface area contributed by atoms with Crippen LogP contribution in [0.5, 0.6) is 0 Å². The number of pyridine rings is 1. The Morgan fingerprint density at radius 2 is 2.11 bits per heavy atom. The second kappa shape index (κ2) is 7.15. The fourth-order valence-electron chi connectivity index (χ4n) is 2.50. The van der Waals surface area contributed by atoms with Crippen molar-refractivity contribution in [3.63, 3.8) is 0 Å². The Hall–Kier alpha value is -0.540. The third-order valence-corrected chi connectivity index (χ3v) is 4.89. The minimum absolute atomic E-state index is 0.351. The van der Waals surface area contributed by atoms with E-state index in [2.05, 4.69) is 36.3 Å². The highest BCUT2D eigenvalue weighted by Gasteiger charge is 2.14. The molecule has 1 aliphatic rings. The van der Waals surface area contributed by atoms with Gasteiger partial charge in [-0.25, -0.2) is 0 Å². The minimum atomic E-state index is 0.351. The molecule has 2 nitrogen and oxygen atoms in total. The van der Waals surface area contributed by atoms with Crippen LogP contribution in [0.15, 0.2) is 23.2 Å². The van der Waals surface area contributed by atoms with Gasteiger partial charge in [-0.05, 0) is 38.4 Å². The zero-order valence-corrected chi connectivity index (χ0v) is 12.3. The van der Waals surface area contributed by atoms with Crippen molar-refractivity contribution in [1.29, 1.82) is 0 Å². The summed E-state index contributed by atoms with van der Waals surface area (Å²) in [7, 11) is 0. The summed E-state index contributed by atoms with van der Waals surface area (Å²) in [6.45, 7) is 5.28. The molecule has 1 aromatic heterocycles.